The van der Waals surface area contributed by atoms with Gasteiger partial charge in [0.1, 0.15) is 5.75 Å². The summed E-state index contributed by atoms with van der Waals surface area (Å²) in [6.07, 6.45) is 0.787. The molecule has 0 atom stereocenters. The van der Waals surface area contributed by atoms with Crippen molar-refractivity contribution in [2.45, 2.75) is 20.3 Å². The van der Waals surface area contributed by atoms with Crippen molar-refractivity contribution in [2.24, 2.45) is 0 Å². The molecule has 104 valence electrons. The molecule has 0 bridgehead atoms. The van der Waals surface area contributed by atoms with Crippen LogP contribution < -0.4 is 10.2 Å². The van der Waals surface area contributed by atoms with E-state index in [1.807, 2.05) is 44.2 Å². The molecule has 20 heavy (non-hydrogen) atoms. The summed E-state index contributed by atoms with van der Waals surface area (Å²) < 4.78 is 5.85. The lowest BCUT2D eigenvalue weighted by atomic mass is 9.80. The van der Waals surface area contributed by atoms with Crippen molar-refractivity contribution in [3.8, 4) is 5.75 Å². The van der Waals surface area contributed by atoms with Gasteiger partial charge in [0, 0.05) is 6.42 Å². The highest BCUT2D eigenvalue weighted by atomic mass is 16.5. The Labute approximate surface area is 120 Å². The Morgan fingerprint density at radius 1 is 0.950 bits per heavy atom. The topological polar surface area (TPSA) is 49.7 Å². The van der Waals surface area contributed by atoms with Crippen molar-refractivity contribution in [3.63, 3.8) is 0 Å². The molecule has 0 amide bonds. The highest BCUT2D eigenvalue weighted by molar-refractivity contribution is 6.58. The van der Waals surface area contributed by atoms with Crippen LogP contribution >= 0.6 is 0 Å². The summed E-state index contributed by atoms with van der Waals surface area (Å²) in [5.74, 6) is 0.954. The molecular weight excluding hydrogens is 251 g/mol. The molecule has 0 spiro atoms. The Balaban J connectivity index is 1.93. The summed E-state index contributed by atoms with van der Waals surface area (Å²) >= 11 is 0. The van der Waals surface area contributed by atoms with E-state index < -0.39 is 7.12 Å². The third kappa shape index (κ3) is 3.62. The van der Waals surface area contributed by atoms with Crippen LogP contribution in [0.15, 0.2) is 42.5 Å². The van der Waals surface area contributed by atoms with E-state index in [2.05, 4.69) is 0 Å². The van der Waals surface area contributed by atoms with E-state index in [9.17, 15) is 0 Å². The first-order valence-corrected chi connectivity index (χ1v) is 6.72. The first-order chi connectivity index (χ1) is 9.58. The van der Waals surface area contributed by atoms with Crippen molar-refractivity contribution in [2.75, 3.05) is 6.61 Å². The van der Waals surface area contributed by atoms with Crippen molar-refractivity contribution < 1.29 is 14.8 Å². The molecule has 0 aliphatic rings. The van der Waals surface area contributed by atoms with Crippen molar-refractivity contribution in [3.05, 3.63) is 59.2 Å². The smallest absolute Gasteiger partial charge is 0.488 e. The maximum atomic E-state index is 9.03. The standard InChI is InChI=1S/C16H19BO3/c1-12-4-3-5-13(2)16(12)20-11-10-14-6-8-15(9-7-14)17(18)19/h3-9,18-19H,10-11H2,1-2H3. The van der Waals surface area contributed by atoms with E-state index in [-0.39, 0.29) is 0 Å². The summed E-state index contributed by atoms with van der Waals surface area (Å²) in [6, 6.07) is 13.3. The fourth-order valence-electron chi connectivity index (χ4n) is 2.15. The average molecular weight is 270 g/mol. The lowest BCUT2D eigenvalue weighted by Gasteiger charge is -2.12. The Hall–Kier alpha value is -1.78. The zero-order valence-electron chi connectivity index (χ0n) is 11.8. The highest BCUT2D eigenvalue weighted by Crippen LogP contribution is 2.22. The van der Waals surface area contributed by atoms with Gasteiger partial charge < -0.3 is 14.8 Å². The molecule has 0 fully saturated rings. The van der Waals surface area contributed by atoms with Crippen LogP contribution in [-0.4, -0.2) is 23.8 Å². The van der Waals surface area contributed by atoms with Gasteiger partial charge in [-0.1, -0.05) is 42.5 Å². The molecule has 2 N–H and O–H groups in total. The van der Waals surface area contributed by atoms with Crippen LogP contribution in [-0.2, 0) is 6.42 Å². The van der Waals surface area contributed by atoms with Gasteiger partial charge in [0.15, 0.2) is 0 Å². The van der Waals surface area contributed by atoms with Gasteiger partial charge in [0.05, 0.1) is 6.61 Å². The Bertz CT molecular complexity index is 544. The molecule has 0 heterocycles. The predicted octanol–water partition coefficient (Wildman–Crippen LogP) is 1.60. The normalized spacial score (nSPS) is 10.4. The van der Waals surface area contributed by atoms with Gasteiger partial charge in [-0.05, 0) is 36.0 Å². The molecule has 0 radical (unpaired) electrons. The lowest BCUT2D eigenvalue weighted by Crippen LogP contribution is -2.29. The minimum absolute atomic E-state index is 0.504. The fourth-order valence-corrected chi connectivity index (χ4v) is 2.15. The molecule has 2 aromatic rings. The maximum absolute atomic E-state index is 9.03. The van der Waals surface area contributed by atoms with Crippen LogP contribution in [0.1, 0.15) is 16.7 Å². The van der Waals surface area contributed by atoms with Gasteiger partial charge >= 0.3 is 7.12 Å². The summed E-state index contributed by atoms with van der Waals surface area (Å²) in [4.78, 5) is 0. The van der Waals surface area contributed by atoms with E-state index in [0.717, 1.165) is 28.9 Å². The molecule has 0 aliphatic heterocycles. The second-order valence-electron chi connectivity index (χ2n) is 4.93. The van der Waals surface area contributed by atoms with Crippen LogP contribution in [0.4, 0.5) is 0 Å². The van der Waals surface area contributed by atoms with E-state index in [4.69, 9.17) is 14.8 Å². The maximum Gasteiger partial charge on any atom is 0.488 e. The number of para-hydroxylation sites is 1. The number of rotatable bonds is 5. The third-order valence-electron chi connectivity index (χ3n) is 3.32. The Morgan fingerprint density at radius 2 is 1.55 bits per heavy atom. The Morgan fingerprint density at radius 3 is 2.10 bits per heavy atom. The van der Waals surface area contributed by atoms with Crippen LogP contribution in [0, 0.1) is 13.8 Å². The third-order valence-corrected chi connectivity index (χ3v) is 3.32. The highest BCUT2D eigenvalue weighted by Gasteiger charge is 2.09. The van der Waals surface area contributed by atoms with Crippen LogP contribution in [0.2, 0.25) is 0 Å². The van der Waals surface area contributed by atoms with Crippen molar-refractivity contribution in [1.82, 2.24) is 0 Å². The summed E-state index contributed by atoms with van der Waals surface area (Å²) in [6.45, 7) is 4.69. The second-order valence-corrected chi connectivity index (χ2v) is 4.93. The van der Waals surface area contributed by atoms with Crippen LogP contribution in [0.25, 0.3) is 0 Å². The molecule has 0 saturated carbocycles. The number of benzene rings is 2. The second kappa shape index (κ2) is 6.59. The van der Waals surface area contributed by atoms with E-state index in [0.29, 0.717) is 12.1 Å². The quantitative estimate of drug-likeness (QED) is 0.811. The summed E-state index contributed by atoms with van der Waals surface area (Å²) in [5, 5.41) is 18.1. The molecule has 0 saturated heterocycles. The summed E-state index contributed by atoms with van der Waals surface area (Å²) in [5.41, 5.74) is 3.90. The van der Waals surface area contributed by atoms with Gasteiger partial charge in [-0.25, -0.2) is 0 Å². The molecule has 4 heteroatoms. The van der Waals surface area contributed by atoms with Gasteiger partial charge in [0.25, 0.3) is 0 Å². The zero-order chi connectivity index (χ0) is 14.5. The van der Waals surface area contributed by atoms with Gasteiger partial charge in [-0.3, -0.25) is 0 Å². The van der Waals surface area contributed by atoms with E-state index in [1.54, 1.807) is 12.1 Å². The van der Waals surface area contributed by atoms with Crippen molar-refractivity contribution in [1.29, 1.82) is 0 Å². The molecule has 0 aliphatic carbocycles. The molecule has 3 nitrogen and oxygen atoms in total. The van der Waals surface area contributed by atoms with Gasteiger partial charge in [-0.15, -0.1) is 0 Å². The fraction of sp³-hybridized carbons (Fsp3) is 0.250. The number of aryl methyl sites for hydroxylation is 2. The Kier molecular flexibility index (Phi) is 4.82. The molecular formula is C16H19BO3. The number of ether oxygens (including phenoxy) is 1. The van der Waals surface area contributed by atoms with Crippen molar-refractivity contribution >= 4 is 12.6 Å². The first-order valence-electron chi connectivity index (χ1n) is 6.72. The zero-order valence-corrected chi connectivity index (χ0v) is 11.8. The van der Waals surface area contributed by atoms with Crippen LogP contribution in [0.3, 0.4) is 0 Å². The minimum Gasteiger partial charge on any atom is -0.493 e. The van der Waals surface area contributed by atoms with Crippen LogP contribution in [0.5, 0.6) is 5.75 Å². The monoisotopic (exact) mass is 270 g/mol. The minimum atomic E-state index is -1.41. The molecule has 0 unspecified atom stereocenters. The van der Waals surface area contributed by atoms with E-state index in [1.165, 1.54) is 0 Å². The summed E-state index contributed by atoms with van der Waals surface area (Å²) in [7, 11) is -1.41. The van der Waals surface area contributed by atoms with E-state index >= 15 is 0 Å². The first kappa shape index (κ1) is 14.6. The number of hydrogen-bond donors (Lipinski definition) is 2. The lowest BCUT2D eigenvalue weighted by molar-refractivity contribution is 0.317. The molecule has 2 rings (SSSR count). The molecule has 2 aromatic carbocycles. The SMILES string of the molecule is Cc1cccc(C)c1OCCc1ccc(B(O)O)cc1. The average Bonchev–Trinajstić information content (AvgIpc) is 2.42. The predicted molar refractivity (Wildman–Crippen MR) is 81.4 cm³/mol. The largest absolute Gasteiger partial charge is 0.493 e. The number of hydrogen-bond acceptors (Lipinski definition) is 3. The van der Waals surface area contributed by atoms with Gasteiger partial charge in [0.2, 0.25) is 0 Å². The van der Waals surface area contributed by atoms with Gasteiger partial charge in [-0.2, -0.15) is 0 Å². The molecule has 0 aromatic heterocycles.